The number of rotatable bonds is 4. The highest BCUT2D eigenvalue weighted by atomic mass is 32.1. The van der Waals surface area contributed by atoms with Gasteiger partial charge in [0.05, 0.1) is 5.69 Å². The highest BCUT2D eigenvalue weighted by molar-refractivity contribution is 7.13. The number of thiophene rings is 1. The van der Waals surface area contributed by atoms with Gasteiger partial charge in [-0.15, -0.1) is 11.3 Å². The Bertz CT molecular complexity index is 408. The van der Waals surface area contributed by atoms with Crippen LogP contribution in [0.1, 0.15) is 11.3 Å². The van der Waals surface area contributed by atoms with E-state index in [0.717, 1.165) is 17.4 Å². The second-order valence-corrected chi connectivity index (χ2v) is 4.93. The van der Waals surface area contributed by atoms with Crippen LogP contribution < -0.4 is 10.6 Å². The molecule has 80 valence electrons. The molecule has 2 N–H and O–H groups in total. The zero-order chi connectivity index (χ0) is 10.7. The fraction of sp³-hybridized carbons (Fsp3) is 0.300. The van der Waals surface area contributed by atoms with Crippen LogP contribution in [0.4, 0.5) is 5.13 Å². The predicted molar refractivity (Wildman–Crippen MR) is 66.4 cm³/mol. The maximum Gasteiger partial charge on any atom is 0.185 e. The molecule has 2 rings (SSSR count). The van der Waals surface area contributed by atoms with Gasteiger partial charge in [0.15, 0.2) is 5.13 Å². The van der Waals surface area contributed by atoms with E-state index in [9.17, 15) is 0 Å². The maximum absolute atomic E-state index is 5.53. The topological polar surface area (TPSA) is 42.2 Å². The fourth-order valence-electron chi connectivity index (χ4n) is 1.29. The van der Waals surface area contributed by atoms with Gasteiger partial charge in [0.25, 0.3) is 0 Å². The second-order valence-electron chi connectivity index (χ2n) is 3.31. The van der Waals surface area contributed by atoms with Crippen molar-refractivity contribution < 1.29 is 0 Å². The molecule has 3 nitrogen and oxygen atoms in total. The smallest absolute Gasteiger partial charge is 0.185 e. The summed E-state index contributed by atoms with van der Waals surface area (Å²) in [5.74, 6) is 0. The number of nitrogens with zero attached hydrogens (tertiary/aromatic N) is 2. The SMILES string of the molecule is CN(Cc1ccsc1)c1nc(CN)cs1. The molecule has 15 heavy (non-hydrogen) atoms. The first-order valence-electron chi connectivity index (χ1n) is 4.66. The van der Waals surface area contributed by atoms with Crippen LogP contribution in [-0.4, -0.2) is 12.0 Å². The first kappa shape index (κ1) is 10.6. The van der Waals surface area contributed by atoms with Gasteiger partial charge in [0, 0.05) is 25.5 Å². The van der Waals surface area contributed by atoms with Crippen molar-refractivity contribution in [2.45, 2.75) is 13.1 Å². The summed E-state index contributed by atoms with van der Waals surface area (Å²) in [6.45, 7) is 1.42. The predicted octanol–water partition coefficient (Wildman–Crippen LogP) is 2.30. The molecule has 0 saturated heterocycles. The monoisotopic (exact) mass is 239 g/mol. The molecule has 0 aliphatic carbocycles. The van der Waals surface area contributed by atoms with E-state index in [4.69, 9.17) is 5.73 Å². The Morgan fingerprint density at radius 3 is 2.93 bits per heavy atom. The van der Waals surface area contributed by atoms with Gasteiger partial charge in [-0.1, -0.05) is 0 Å². The number of anilines is 1. The van der Waals surface area contributed by atoms with E-state index in [-0.39, 0.29) is 0 Å². The lowest BCUT2D eigenvalue weighted by Crippen LogP contribution is -2.15. The summed E-state index contributed by atoms with van der Waals surface area (Å²) in [5, 5.41) is 7.30. The van der Waals surface area contributed by atoms with Gasteiger partial charge in [-0.25, -0.2) is 4.98 Å². The van der Waals surface area contributed by atoms with Gasteiger partial charge in [-0.2, -0.15) is 11.3 Å². The van der Waals surface area contributed by atoms with Crippen molar-refractivity contribution in [3.05, 3.63) is 33.5 Å². The van der Waals surface area contributed by atoms with Crippen LogP contribution in [-0.2, 0) is 13.1 Å². The lowest BCUT2D eigenvalue weighted by atomic mass is 10.3. The van der Waals surface area contributed by atoms with Crippen molar-refractivity contribution in [3.63, 3.8) is 0 Å². The van der Waals surface area contributed by atoms with Crippen LogP contribution in [0, 0.1) is 0 Å². The third-order valence-electron chi connectivity index (χ3n) is 2.08. The lowest BCUT2D eigenvalue weighted by molar-refractivity contribution is 0.904. The summed E-state index contributed by atoms with van der Waals surface area (Å²) >= 11 is 3.37. The van der Waals surface area contributed by atoms with Crippen LogP contribution >= 0.6 is 22.7 Å². The molecule has 2 aromatic heterocycles. The van der Waals surface area contributed by atoms with Gasteiger partial charge in [-0.3, -0.25) is 0 Å². The first-order chi connectivity index (χ1) is 7.29. The molecule has 0 aliphatic heterocycles. The Morgan fingerprint density at radius 2 is 2.33 bits per heavy atom. The molecule has 2 aromatic rings. The maximum atomic E-state index is 5.53. The molecular weight excluding hydrogens is 226 g/mol. The van der Waals surface area contributed by atoms with E-state index < -0.39 is 0 Å². The summed E-state index contributed by atoms with van der Waals surface area (Å²) < 4.78 is 0. The van der Waals surface area contributed by atoms with Crippen LogP contribution in [0.5, 0.6) is 0 Å². The van der Waals surface area contributed by atoms with Crippen LogP contribution in [0.2, 0.25) is 0 Å². The molecule has 5 heteroatoms. The molecule has 0 amide bonds. The molecule has 0 spiro atoms. The van der Waals surface area contributed by atoms with Crippen LogP contribution in [0.25, 0.3) is 0 Å². The van der Waals surface area contributed by atoms with E-state index in [1.165, 1.54) is 5.56 Å². The molecule has 0 atom stereocenters. The highest BCUT2D eigenvalue weighted by Gasteiger charge is 2.06. The Morgan fingerprint density at radius 1 is 1.47 bits per heavy atom. The van der Waals surface area contributed by atoms with Gasteiger partial charge < -0.3 is 10.6 Å². The lowest BCUT2D eigenvalue weighted by Gasteiger charge is -2.14. The second kappa shape index (κ2) is 4.74. The number of hydrogen-bond acceptors (Lipinski definition) is 5. The first-order valence-corrected chi connectivity index (χ1v) is 6.48. The standard InChI is InChI=1S/C10H13N3S2/c1-13(5-8-2-3-14-6-8)10-12-9(4-11)7-15-10/h2-3,6-7H,4-5,11H2,1H3. The van der Waals surface area contributed by atoms with E-state index in [1.807, 2.05) is 5.38 Å². The van der Waals surface area contributed by atoms with Crippen molar-refractivity contribution in [2.75, 3.05) is 11.9 Å². The number of nitrogens with two attached hydrogens (primary N) is 1. The average Bonchev–Trinajstić information content (AvgIpc) is 2.86. The number of thiazole rings is 1. The summed E-state index contributed by atoms with van der Waals surface area (Å²) in [5.41, 5.74) is 7.82. The summed E-state index contributed by atoms with van der Waals surface area (Å²) in [6, 6.07) is 2.14. The quantitative estimate of drug-likeness (QED) is 0.890. The zero-order valence-corrected chi connectivity index (χ0v) is 10.1. The van der Waals surface area contributed by atoms with Crippen LogP contribution in [0.3, 0.4) is 0 Å². The highest BCUT2D eigenvalue weighted by Crippen LogP contribution is 2.21. The molecule has 0 unspecified atom stereocenters. The molecule has 2 heterocycles. The molecule has 0 bridgehead atoms. The van der Waals surface area contributed by atoms with E-state index in [0.29, 0.717) is 6.54 Å². The summed E-state index contributed by atoms with van der Waals surface area (Å²) in [4.78, 5) is 6.58. The van der Waals surface area contributed by atoms with Crippen LogP contribution in [0.15, 0.2) is 22.2 Å². The minimum Gasteiger partial charge on any atom is -0.347 e. The largest absolute Gasteiger partial charge is 0.347 e. The van der Waals surface area contributed by atoms with Gasteiger partial charge >= 0.3 is 0 Å². The van der Waals surface area contributed by atoms with E-state index in [1.54, 1.807) is 22.7 Å². The Hall–Kier alpha value is -0.910. The Balaban J connectivity index is 2.04. The molecule has 0 saturated carbocycles. The third-order valence-corrected chi connectivity index (χ3v) is 3.81. The Kier molecular flexibility index (Phi) is 3.35. The van der Waals surface area contributed by atoms with Crippen molar-refractivity contribution in [1.82, 2.24) is 4.98 Å². The molecule has 0 aliphatic rings. The van der Waals surface area contributed by atoms with Crippen molar-refractivity contribution in [1.29, 1.82) is 0 Å². The molecule has 0 fully saturated rings. The van der Waals surface area contributed by atoms with E-state index >= 15 is 0 Å². The van der Waals surface area contributed by atoms with Gasteiger partial charge in [-0.05, 0) is 22.4 Å². The summed E-state index contributed by atoms with van der Waals surface area (Å²) in [7, 11) is 2.05. The molecule has 0 radical (unpaired) electrons. The molecular formula is C10H13N3S2. The van der Waals surface area contributed by atoms with Crippen molar-refractivity contribution in [2.24, 2.45) is 5.73 Å². The number of hydrogen-bond donors (Lipinski definition) is 1. The third kappa shape index (κ3) is 2.56. The normalized spacial score (nSPS) is 10.5. The molecule has 0 aromatic carbocycles. The number of aromatic nitrogens is 1. The fourth-order valence-corrected chi connectivity index (χ4v) is 2.75. The van der Waals surface area contributed by atoms with Gasteiger partial charge in [0.1, 0.15) is 0 Å². The zero-order valence-electron chi connectivity index (χ0n) is 8.51. The Labute approximate surface area is 97.2 Å². The van der Waals surface area contributed by atoms with Gasteiger partial charge in [0.2, 0.25) is 0 Å². The van der Waals surface area contributed by atoms with Crippen molar-refractivity contribution >= 4 is 27.8 Å². The minimum absolute atomic E-state index is 0.517. The minimum atomic E-state index is 0.517. The average molecular weight is 239 g/mol. The van der Waals surface area contributed by atoms with E-state index in [2.05, 4.69) is 33.8 Å². The van der Waals surface area contributed by atoms with Crippen molar-refractivity contribution in [3.8, 4) is 0 Å². The summed E-state index contributed by atoms with van der Waals surface area (Å²) in [6.07, 6.45) is 0.